The first-order valence-corrected chi connectivity index (χ1v) is 3.38. The lowest BCUT2D eigenvalue weighted by Gasteiger charge is -2.30. The molecule has 0 bridgehead atoms. The van der Waals surface area contributed by atoms with Gasteiger partial charge in [0.25, 0.3) is 5.97 Å². The molecular formula is C7H12O3. The average Bonchev–Trinajstić information content (AvgIpc) is 1.89. The molecule has 1 aliphatic heterocycles. The van der Waals surface area contributed by atoms with Crippen LogP contribution < -0.4 is 0 Å². The van der Waals surface area contributed by atoms with E-state index in [-0.39, 0.29) is 0 Å². The van der Waals surface area contributed by atoms with Crippen molar-refractivity contribution in [1.29, 1.82) is 0 Å². The van der Waals surface area contributed by atoms with Gasteiger partial charge in [0.15, 0.2) is 0 Å². The van der Waals surface area contributed by atoms with Gasteiger partial charge in [-0.3, -0.25) is 0 Å². The van der Waals surface area contributed by atoms with E-state index in [4.69, 9.17) is 9.47 Å². The second kappa shape index (κ2) is 3.14. The highest BCUT2D eigenvalue weighted by Gasteiger charge is 2.29. The van der Waals surface area contributed by atoms with Crippen molar-refractivity contribution < 1.29 is 14.6 Å². The summed E-state index contributed by atoms with van der Waals surface area (Å²) in [6.45, 7) is 4.60. The summed E-state index contributed by atoms with van der Waals surface area (Å²) < 4.78 is 9.94. The minimum atomic E-state index is -1.39. The highest BCUT2D eigenvalue weighted by atomic mass is 16.8. The Labute approximate surface area is 60.3 Å². The lowest BCUT2D eigenvalue weighted by Crippen LogP contribution is -2.39. The van der Waals surface area contributed by atoms with E-state index >= 15 is 0 Å². The number of hydrogen-bond donors (Lipinski definition) is 1. The summed E-state index contributed by atoms with van der Waals surface area (Å²) >= 11 is 0. The minimum Gasteiger partial charge on any atom is -0.343 e. The van der Waals surface area contributed by atoms with Crippen LogP contribution in [0.1, 0.15) is 12.8 Å². The van der Waals surface area contributed by atoms with Gasteiger partial charge in [-0.15, -0.1) is 6.58 Å². The summed E-state index contributed by atoms with van der Waals surface area (Å²) in [7, 11) is 0. The average molecular weight is 144 g/mol. The van der Waals surface area contributed by atoms with Gasteiger partial charge in [0, 0.05) is 6.42 Å². The Morgan fingerprint density at radius 3 is 2.60 bits per heavy atom. The Kier molecular flexibility index (Phi) is 2.43. The van der Waals surface area contributed by atoms with Crippen LogP contribution in [0.25, 0.3) is 0 Å². The van der Waals surface area contributed by atoms with E-state index in [1.165, 1.54) is 0 Å². The first kappa shape index (κ1) is 7.72. The summed E-state index contributed by atoms with van der Waals surface area (Å²) in [5, 5.41) is 9.36. The quantitative estimate of drug-likeness (QED) is 0.578. The molecule has 0 aromatic rings. The molecule has 10 heavy (non-hydrogen) atoms. The van der Waals surface area contributed by atoms with Crippen molar-refractivity contribution in [3.63, 3.8) is 0 Å². The monoisotopic (exact) mass is 144 g/mol. The summed E-state index contributed by atoms with van der Waals surface area (Å²) in [6.07, 6.45) is 2.75. The van der Waals surface area contributed by atoms with Gasteiger partial charge in [0.05, 0.1) is 13.2 Å². The summed E-state index contributed by atoms with van der Waals surface area (Å²) in [5.74, 6) is -1.39. The van der Waals surface area contributed by atoms with Crippen LogP contribution in [0.4, 0.5) is 0 Å². The molecule has 0 unspecified atom stereocenters. The predicted molar refractivity (Wildman–Crippen MR) is 36.3 cm³/mol. The minimum absolute atomic E-state index is 0.326. The molecular weight excluding hydrogens is 132 g/mol. The summed E-state index contributed by atoms with van der Waals surface area (Å²) in [5.41, 5.74) is 0. The number of ether oxygens (including phenoxy) is 2. The van der Waals surface area contributed by atoms with Gasteiger partial charge in [-0.2, -0.15) is 0 Å². The molecule has 58 valence electrons. The molecule has 1 aliphatic rings. The maximum atomic E-state index is 9.36. The molecule has 1 fully saturated rings. The zero-order valence-electron chi connectivity index (χ0n) is 5.88. The molecule has 0 saturated carbocycles. The van der Waals surface area contributed by atoms with Gasteiger partial charge in [-0.25, -0.2) is 0 Å². The molecule has 0 spiro atoms. The van der Waals surface area contributed by atoms with E-state index < -0.39 is 5.97 Å². The molecule has 0 aromatic heterocycles. The third-order valence-corrected chi connectivity index (χ3v) is 1.35. The van der Waals surface area contributed by atoms with Crippen molar-refractivity contribution in [1.82, 2.24) is 0 Å². The fourth-order valence-electron chi connectivity index (χ4n) is 0.864. The van der Waals surface area contributed by atoms with Crippen molar-refractivity contribution in [2.75, 3.05) is 13.2 Å². The van der Waals surface area contributed by atoms with Crippen LogP contribution in [-0.4, -0.2) is 24.3 Å². The van der Waals surface area contributed by atoms with Crippen molar-refractivity contribution in [3.8, 4) is 0 Å². The van der Waals surface area contributed by atoms with Crippen molar-refractivity contribution in [2.24, 2.45) is 0 Å². The molecule has 0 atom stereocenters. The van der Waals surface area contributed by atoms with Crippen LogP contribution in [-0.2, 0) is 9.47 Å². The zero-order chi connectivity index (χ0) is 7.45. The van der Waals surface area contributed by atoms with Crippen LogP contribution in [0.3, 0.4) is 0 Å². The maximum absolute atomic E-state index is 9.36. The molecule has 3 heteroatoms. The molecule has 1 heterocycles. The second-order valence-corrected chi connectivity index (χ2v) is 2.26. The van der Waals surface area contributed by atoms with E-state index in [9.17, 15) is 5.11 Å². The Bertz CT molecular complexity index is 116. The lowest BCUT2D eigenvalue weighted by molar-refractivity contribution is -0.378. The SMILES string of the molecule is C=CCC1(O)OCCCO1. The van der Waals surface area contributed by atoms with E-state index in [1.54, 1.807) is 6.08 Å². The molecule has 3 nitrogen and oxygen atoms in total. The Balaban J connectivity index is 2.39. The largest absolute Gasteiger partial charge is 0.343 e. The van der Waals surface area contributed by atoms with E-state index in [1.807, 2.05) is 0 Å². The van der Waals surface area contributed by atoms with E-state index in [0.29, 0.717) is 19.6 Å². The van der Waals surface area contributed by atoms with Crippen LogP contribution in [0.2, 0.25) is 0 Å². The van der Waals surface area contributed by atoms with Gasteiger partial charge in [-0.05, 0) is 6.42 Å². The third-order valence-electron chi connectivity index (χ3n) is 1.35. The summed E-state index contributed by atoms with van der Waals surface area (Å²) in [6, 6.07) is 0. The Morgan fingerprint density at radius 1 is 1.50 bits per heavy atom. The highest BCUT2D eigenvalue weighted by Crippen LogP contribution is 2.19. The molecule has 1 N–H and O–H groups in total. The van der Waals surface area contributed by atoms with Crippen LogP contribution in [0.5, 0.6) is 0 Å². The zero-order valence-corrected chi connectivity index (χ0v) is 5.88. The highest BCUT2D eigenvalue weighted by molar-refractivity contribution is 4.74. The Hall–Kier alpha value is -0.380. The molecule has 0 radical (unpaired) electrons. The predicted octanol–water partition coefficient (Wildman–Crippen LogP) is 0.645. The van der Waals surface area contributed by atoms with Crippen molar-refractivity contribution >= 4 is 0 Å². The topological polar surface area (TPSA) is 38.7 Å². The van der Waals surface area contributed by atoms with Gasteiger partial charge in [-0.1, -0.05) is 6.08 Å². The van der Waals surface area contributed by atoms with Crippen LogP contribution >= 0.6 is 0 Å². The fraction of sp³-hybridized carbons (Fsp3) is 0.714. The fourth-order valence-corrected chi connectivity index (χ4v) is 0.864. The molecule has 1 rings (SSSR count). The van der Waals surface area contributed by atoms with Gasteiger partial charge >= 0.3 is 0 Å². The maximum Gasteiger partial charge on any atom is 0.283 e. The second-order valence-electron chi connectivity index (χ2n) is 2.26. The van der Waals surface area contributed by atoms with Gasteiger partial charge < -0.3 is 14.6 Å². The molecule has 0 aromatic carbocycles. The first-order valence-electron chi connectivity index (χ1n) is 3.38. The van der Waals surface area contributed by atoms with Crippen LogP contribution in [0, 0.1) is 0 Å². The van der Waals surface area contributed by atoms with E-state index in [2.05, 4.69) is 6.58 Å². The standard InChI is InChI=1S/C7H12O3/c1-2-4-7(8)9-5-3-6-10-7/h2,8H,1,3-6H2. The number of rotatable bonds is 2. The van der Waals surface area contributed by atoms with Crippen molar-refractivity contribution in [3.05, 3.63) is 12.7 Å². The number of hydrogen-bond acceptors (Lipinski definition) is 3. The molecule has 0 amide bonds. The molecule has 0 aliphatic carbocycles. The van der Waals surface area contributed by atoms with Crippen LogP contribution in [0.15, 0.2) is 12.7 Å². The third kappa shape index (κ3) is 1.80. The van der Waals surface area contributed by atoms with Gasteiger partial charge in [0.2, 0.25) is 0 Å². The van der Waals surface area contributed by atoms with Gasteiger partial charge in [0.1, 0.15) is 0 Å². The lowest BCUT2D eigenvalue weighted by atomic mass is 10.3. The first-order chi connectivity index (χ1) is 4.77. The van der Waals surface area contributed by atoms with E-state index in [0.717, 1.165) is 6.42 Å². The smallest absolute Gasteiger partial charge is 0.283 e. The number of aliphatic hydroxyl groups is 1. The normalized spacial score (nSPS) is 24.1. The van der Waals surface area contributed by atoms with Crippen molar-refractivity contribution in [2.45, 2.75) is 18.8 Å². The molecule has 1 saturated heterocycles. The summed E-state index contributed by atoms with van der Waals surface area (Å²) in [4.78, 5) is 0. The Morgan fingerprint density at radius 2 is 2.10 bits per heavy atom.